The highest BCUT2D eigenvalue weighted by molar-refractivity contribution is 6.16. The van der Waals surface area contributed by atoms with Crippen LogP contribution < -0.4 is 4.74 Å². The molecule has 0 amide bonds. The molecular formula is C19H14N2O2. The number of hydrogen-bond acceptors (Lipinski definition) is 3. The molecule has 0 aliphatic rings. The lowest BCUT2D eigenvalue weighted by Crippen LogP contribution is -2.11. The van der Waals surface area contributed by atoms with Crippen LogP contribution in [-0.2, 0) is 0 Å². The van der Waals surface area contributed by atoms with Gasteiger partial charge >= 0.3 is 0 Å². The lowest BCUT2D eigenvalue weighted by atomic mass is 10.2. The van der Waals surface area contributed by atoms with E-state index >= 15 is 0 Å². The number of nitrogens with zero attached hydrogens (tertiary/aromatic N) is 2. The molecule has 0 unspecified atom stereocenters. The van der Waals surface area contributed by atoms with Gasteiger partial charge in [0.2, 0.25) is 0 Å². The molecule has 0 radical (unpaired) electrons. The van der Waals surface area contributed by atoms with E-state index < -0.39 is 0 Å². The van der Waals surface area contributed by atoms with Crippen LogP contribution in [0.2, 0.25) is 0 Å². The maximum atomic E-state index is 13.0. The summed E-state index contributed by atoms with van der Waals surface area (Å²) in [4.78, 5) is 17.2. The molecule has 0 aliphatic carbocycles. The van der Waals surface area contributed by atoms with Crippen molar-refractivity contribution in [3.63, 3.8) is 0 Å². The van der Waals surface area contributed by atoms with Crippen molar-refractivity contribution in [2.24, 2.45) is 0 Å². The molecular weight excluding hydrogens is 288 g/mol. The Morgan fingerprint density at radius 2 is 1.83 bits per heavy atom. The van der Waals surface area contributed by atoms with Crippen LogP contribution in [-0.4, -0.2) is 22.6 Å². The Morgan fingerprint density at radius 1 is 1.00 bits per heavy atom. The maximum Gasteiger partial charge on any atom is 0.262 e. The van der Waals surface area contributed by atoms with Gasteiger partial charge in [0.1, 0.15) is 5.75 Å². The van der Waals surface area contributed by atoms with Crippen LogP contribution >= 0.6 is 0 Å². The van der Waals surface area contributed by atoms with Crippen molar-refractivity contribution < 1.29 is 9.53 Å². The number of pyridine rings is 1. The van der Waals surface area contributed by atoms with Crippen LogP contribution in [0.5, 0.6) is 5.75 Å². The summed E-state index contributed by atoms with van der Waals surface area (Å²) in [5.74, 6) is 0.698. The minimum Gasteiger partial charge on any atom is -0.497 e. The fourth-order valence-electron chi connectivity index (χ4n) is 2.90. The van der Waals surface area contributed by atoms with Crippen molar-refractivity contribution in [3.05, 3.63) is 72.6 Å². The smallest absolute Gasteiger partial charge is 0.262 e. The number of fused-ring (bicyclic) bond motifs is 3. The quantitative estimate of drug-likeness (QED) is 0.564. The van der Waals surface area contributed by atoms with Crippen LogP contribution in [0.15, 0.2) is 67.0 Å². The Hall–Kier alpha value is -3.14. The zero-order valence-electron chi connectivity index (χ0n) is 12.6. The largest absolute Gasteiger partial charge is 0.497 e. The van der Waals surface area contributed by atoms with Gasteiger partial charge in [-0.2, -0.15) is 0 Å². The Kier molecular flexibility index (Phi) is 3.08. The van der Waals surface area contributed by atoms with E-state index in [0.29, 0.717) is 5.56 Å². The number of benzene rings is 2. The van der Waals surface area contributed by atoms with E-state index in [0.717, 1.165) is 27.6 Å². The highest BCUT2D eigenvalue weighted by Crippen LogP contribution is 2.31. The fraction of sp³-hybridized carbons (Fsp3) is 0.0526. The van der Waals surface area contributed by atoms with Crippen LogP contribution in [0.4, 0.5) is 0 Å². The lowest BCUT2D eigenvalue weighted by molar-refractivity contribution is 0.0969. The topological polar surface area (TPSA) is 44.1 Å². The average molecular weight is 302 g/mol. The predicted octanol–water partition coefficient (Wildman–Crippen LogP) is 3.89. The molecule has 0 saturated carbocycles. The van der Waals surface area contributed by atoms with Crippen molar-refractivity contribution in [3.8, 4) is 5.75 Å². The molecule has 2 heterocycles. The Labute approximate surface area is 132 Å². The maximum absolute atomic E-state index is 13.0. The Morgan fingerprint density at radius 3 is 2.61 bits per heavy atom. The summed E-state index contributed by atoms with van der Waals surface area (Å²) >= 11 is 0. The molecule has 4 heteroatoms. The third-order valence-corrected chi connectivity index (χ3v) is 4.00. The zero-order valence-corrected chi connectivity index (χ0v) is 12.6. The molecule has 0 N–H and O–H groups in total. The molecule has 112 valence electrons. The van der Waals surface area contributed by atoms with Crippen molar-refractivity contribution >= 4 is 27.7 Å². The first-order chi connectivity index (χ1) is 11.3. The van der Waals surface area contributed by atoms with E-state index in [4.69, 9.17) is 4.74 Å². The van der Waals surface area contributed by atoms with E-state index in [9.17, 15) is 4.79 Å². The van der Waals surface area contributed by atoms with Crippen molar-refractivity contribution in [1.82, 2.24) is 9.55 Å². The monoisotopic (exact) mass is 302 g/mol. The summed E-state index contributed by atoms with van der Waals surface area (Å²) in [5.41, 5.74) is 2.29. The van der Waals surface area contributed by atoms with Gasteiger partial charge in [-0.3, -0.25) is 14.3 Å². The first-order valence-corrected chi connectivity index (χ1v) is 7.31. The number of aromatic nitrogens is 2. The van der Waals surface area contributed by atoms with Crippen LogP contribution in [0.3, 0.4) is 0 Å². The highest BCUT2D eigenvalue weighted by atomic mass is 16.5. The molecule has 2 aromatic carbocycles. The van der Waals surface area contributed by atoms with Gasteiger partial charge in [-0.15, -0.1) is 0 Å². The van der Waals surface area contributed by atoms with E-state index in [1.165, 1.54) is 0 Å². The fourth-order valence-corrected chi connectivity index (χ4v) is 2.90. The second-order valence-corrected chi connectivity index (χ2v) is 5.28. The number of hydrogen-bond donors (Lipinski definition) is 0. The first-order valence-electron chi connectivity index (χ1n) is 7.31. The van der Waals surface area contributed by atoms with Gasteiger partial charge in [-0.25, -0.2) is 0 Å². The van der Waals surface area contributed by atoms with Gasteiger partial charge in [-0.1, -0.05) is 18.2 Å². The molecule has 0 bridgehead atoms. The minimum absolute atomic E-state index is 0.0660. The number of methoxy groups -OCH3 is 1. The summed E-state index contributed by atoms with van der Waals surface area (Å²) in [6, 6.07) is 16.9. The van der Waals surface area contributed by atoms with Gasteiger partial charge < -0.3 is 4.74 Å². The number of ether oxygens (including phenoxy) is 1. The molecule has 0 spiro atoms. The molecule has 0 saturated heterocycles. The molecule has 0 aliphatic heterocycles. The van der Waals surface area contributed by atoms with Gasteiger partial charge in [-0.05, 0) is 36.4 Å². The average Bonchev–Trinajstić information content (AvgIpc) is 2.95. The van der Waals surface area contributed by atoms with Crippen LogP contribution in [0.25, 0.3) is 21.8 Å². The van der Waals surface area contributed by atoms with Crippen LogP contribution in [0, 0.1) is 0 Å². The van der Waals surface area contributed by atoms with E-state index in [1.54, 1.807) is 24.1 Å². The normalized spacial score (nSPS) is 11.0. The summed E-state index contributed by atoms with van der Waals surface area (Å²) in [7, 11) is 1.64. The van der Waals surface area contributed by atoms with E-state index in [-0.39, 0.29) is 5.91 Å². The number of rotatable bonds is 2. The van der Waals surface area contributed by atoms with E-state index in [2.05, 4.69) is 4.98 Å². The minimum atomic E-state index is -0.0660. The lowest BCUT2D eigenvalue weighted by Gasteiger charge is -2.06. The highest BCUT2D eigenvalue weighted by Gasteiger charge is 2.17. The zero-order chi connectivity index (χ0) is 15.8. The summed E-state index contributed by atoms with van der Waals surface area (Å²) in [6.07, 6.45) is 3.46. The van der Waals surface area contributed by atoms with Gasteiger partial charge in [0.05, 0.1) is 24.3 Å². The standard InChI is InChI=1S/C19H14N2O2/c1-23-14-7-8-17-16(11-14)15-9-10-20-12-18(15)21(17)19(22)13-5-3-2-4-6-13/h2-12H,1H3. The van der Waals surface area contributed by atoms with E-state index in [1.807, 2.05) is 54.6 Å². The molecule has 2 aromatic heterocycles. The third kappa shape index (κ3) is 2.07. The van der Waals surface area contributed by atoms with Crippen molar-refractivity contribution in [2.75, 3.05) is 7.11 Å². The molecule has 0 atom stereocenters. The van der Waals surface area contributed by atoms with Gasteiger partial charge in [0.15, 0.2) is 0 Å². The Bertz CT molecular complexity index is 1020. The molecule has 4 nitrogen and oxygen atoms in total. The summed E-state index contributed by atoms with van der Waals surface area (Å²) in [5, 5.41) is 1.96. The third-order valence-electron chi connectivity index (χ3n) is 4.00. The SMILES string of the molecule is COc1ccc2c(c1)c1ccncc1n2C(=O)c1ccccc1. The number of carbonyl (C=O) groups is 1. The second-order valence-electron chi connectivity index (χ2n) is 5.28. The Balaban J connectivity index is 2.06. The second kappa shape index (κ2) is 5.25. The van der Waals surface area contributed by atoms with Gasteiger partial charge in [0.25, 0.3) is 5.91 Å². The molecule has 23 heavy (non-hydrogen) atoms. The molecule has 0 fully saturated rings. The summed E-state index contributed by atoms with van der Waals surface area (Å²) < 4.78 is 7.03. The number of carbonyl (C=O) groups excluding carboxylic acids is 1. The van der Waals surface area contributed by atoms with Crippen molar-refractivity contribution in [2.45, 2.75) is 0 Å². The molecule has 4 rings (SSSR count). The first kappa shape index (κ1) is 13.5. The predicted molar refractivity (Wildman–Crippen MR) is 90.0 cm³/mol. The van der Waals surface area contributed by atoms with Crippen molar-refractivity contribution in [1.29, 1.82) is 0 Å². The molecule has 4 aromatic rings. The van der Waals surface area contributed by atoms with Crippen LogP contribution in [0.1, 0.15) is 10.4 Å². The summed E-state index contributed by atoms with van der Waals surface area (Å²) in [6.45, 7) is 0. The van der Waals surface area contributed by atoms with Gasteiger partial charge in [0, 0.05) is 22.5 Å².